The second kappa shape index (κ2) is 8.56. The molecule has 0 fully saturated rings. The van der Waals surface area contributed by atoms with Gasteiger partial charge in [-0.05, 0) is 50.8 Å². The van der Waals surface area contributed by atoms with Crippen molar-refractivity contribution >= 4 is 22.3 Å². The van der Waals surface area contributed by atoms with E-state index < -0.39 is 11.0 Å². The second-order valence-electron chi connectivity index (χ2n) is 7.40. The lowest BCUT2D eigenvalue weighted by molar-refractivity contribution is 0.101. The summed E-state index contributed by atoms with van der Waals surface area (Å²) in [6, 6.07) is 17.3. The topological polar surface area (TPSA) is 46.2 Å². The SMILES string of the molecule is C=C(C[C@H](NS(=O)C(C)(C)C)c1ccc(C(C)=O)cc1)c1ccccc1. The van der Waals surface area contributed by atoms with Crippen molar-refractivity contribution < 1.29 is 9.00 Å². The number of benzene rings is 2. The Balaban J connectivity index is 2.27. The van der Waals surface area contributed by atoms with Crippen LogP contribution in [0, 0.1) is 0 Å². The molecule has 1 unspecified atom stereocenters. The lowest BCUT2D eigenvalue weighted by Gasteiger charge is -2.25. The summed E-state index contributed by atoms with van der Waals surface area (Å²) in [6.07, 6.45) is 0.630. The van der Waals surface area contributed by atoms with Gasteiger partial charge in [0.05, 0.1) is 15.7 Å². The summed E-state index contributed by atoms with van der Waals surface area (Å²) in [5.41, 5.74) is 3.71. The van der Waals surface area contributed by atoms with Crippen molar-refractivity contribution in [3.8, 4) is 0 Å². The zero-order valence-corrected chi connectivity index (χ0v) is 16.7. The average molecular weight is 370 g/mol. The molecule has 1 N–H and O–H groups in total. The second-order valence-corrected chi connectivity index (χ2v) is 9.40. The van der Waals surface area contributed by atoms with Gasteiger partial charge in [0.25, 0.3) is 0 Å². The maximum absolute atomic E-state index is 12.7. The van der Waals surface area contributed by atoms with Crippen molar-refractivity contribution in [3.05, 3.63) is 77.9 Å². The third-order valence-electron chi connectivity index (χ3n) is 4.16. The number of ketones is 1. The molecule has 138 valence electrons. The molecule has 0 radical (unpaired) electrons. The highest BCUT2D eigenvalue weighted by Crippen LogP contribution is 2.28. The van der Waals surface area contributed by atoms with Crippen molar-refractivity contribution in [2.75, 3.05) is 0 Å². The average Bonchev–Trinajstić information content (AvgIpc) is 2.61. The molecule has 2 rings (SSSR count). The summed E-state index contributed by atoms with van der Waals surface area (Å²) < 4.78 is 15.5. The first kappa shape index (κ1) is 20.3. The van der Waals surface area contributed by atoms with E-state index in [9.17, 15) is 9.00 Å². The van der Waals surface area contributed by atoms with Crippen molar-refractivity contribution in [3.63, 3.8) is 0 Å². The Morgan fingerprint density at radius 3 is 2.12 bits per heavy atom. The normalized spacial score (nSPS) is 13.8. The highest BCUT2D eigenvalue weighted by atomic mass is 32.2. The van der Waals surface area contributed by atoms with E-state index in [1.807, 2.05) is 75.4 Å². The van der Waals surface area contributed by atoms with Gasteiger partial charge < -0.3 is 0 Å². The zero-order valence-electron chi connectivity index (χ0n) is 15.9. The highest BCUT2D eigenvalue weighted by Gasteiger charge is 2.24. The van der Waals surface area contributed by atoms with Crippen LogP contribution in [0.25, 0.3) is 5.57 Å². The van der Waals surface area contributed by atoms with Crippen LogP contribution in [0.5, 0.6) is 0 Å². The van der Waals surface area contributed by atoms with Gasteiger partial charge in [-0.25, -0.2) is 8.93 Å². The fraction of sp³-hybridized carbons (Fsp3) is 0.318. The Hall–Kier alpha value is -2.04. The Morgan fingerprint density at radius 2 is 1.62 bits per heavy atom. The van der Waals surface area contributed by atoms with E-state index in [0.29, 0.717) is 12.0 Å². The van der Waals surface area contributed by atoms with Crippen LogP contribution in [0.4, 0.5) is 0 Å². The molecular formula is C22H27NO2S. The summed E-state index contributed by atoms with van der Waals surface area (Å²) >= 11 is 0. The summed E-state index contributed by atoms with van der Waals surface area (Å²) in [5.74, 6) is 0.0352. The fourth-order valence-corrected chi connectivity index (χ4v) is 3.35. The molecule has 2 aromatic rings. The molecule has 26 heavy (non-hydrogen) atoms. The van der Waals surface area contributed by atoms with Gasteiger partial charge in [0.2, 0.25) is 0 Å². The largest absolute Gasteiger partial charge is 0.295 e. The van der Waals surface area contributed by atoms with Crippen LogP contribution in [0.15, 0.2) is 61.2 Å². The van der Waals surface area contributed by atoms with Crippen LogP contribution in [0.2, 0.25) is 0 Å². The lowest BCUT2D eigenvalue weighted by atomic mass is 9.95. The van der Waals surface area contributed by atoms with E-state index in [4.69, 9.17) is 0 Å². The lowest BCUT2D eigenvalue weighted by Crippen LogP contribution is -2.35. The molecule has 0 heterocycles. The molecular weight excluding hydrogens is 342 g/mol. The minimum absolute atomic E-state index is 0.0352. The molecule has 4 heteroatoms. The maximum Gasteiger partial charge on any atom is 0.159 e. The third kappa shape index (κ3) is 5.48. The molecule has 3 nitrogen and oxygen atoms in total. The van der Waals surface area contributed by atoms with Gasteiger partial charge in [-0.15, -0.1) is 0 Å². The molecule has 0 saturated heterocycles. The Labute approximate surface area is 159 Å². The summed E-state index contributed by atoms with van der Waals surface area (Å²) in [5, 5.41) is 0. The van der Waals surface area contributed by atoms with E-state index >= 15 is 0 Å². The number of hydrogen-bond acceptors (Lipinski definition) is 2. The predicted octanol–water partition coefficient (Wildman–Crippen LogP) is 5.09. The number of carbonyl (C=O) groups excluding carboxylic acids is 1. The molecule has 0 aliphatic carbocycles. The summed E-state index contributed by atoms with van der Waals surface area (Å²) in [4.78, 5) is 11.5. The van der Waals surface area contributed by atoms with Crippen LogP contribution >= 0.6 is 0 Å². The highest BCUT2D eigenvalue weighted by molar-refractivity contribution is 7.84. The van der Waals surface area contributed by atoms with Crippen molar-refractivity contribution in [1.82, 2.24) is 4.72 Å². The van der Waals surface area contributed by atoms with Crippen molar-refractivity contribution in [2.24, 2.45) is 0 Å². The van der Waals surface area contributed by atoms with Crippen molar-refractivity contribution in [1.29, 1.82) is 0 Å². The van der Waals surface area contributed by atoms with Crippen LogP contribution in [-0.2, 0) is 11.0 Å². The van der Waals surface area contributed by atoms with E-state index in [1.54, 1.807) is 6.92 Å². The third-order valence-corrected chi connectivity index (χ3v) is 5.77. The number of rotatable bonds is 7. The smallest absolute Gasteiger partial charge is 0.159 e. The molecule has 2 aromatic carbocycles. The van der Waals surface area contributed by atoms with Crippen LogP contribution < -0.4 is 4.72 Å². The maximum atomic E-state index is 12.7. The van der Waals surface area contributed by atoms with Crippen LogP contribution in [0.3, 0.4) is 0 Å². The quantitative estimate of drug-likeness (QED) is 0.691. The predicted molar refractivity (Wildman–Crippen MR) is 110 cm³/mol. The van der Waals surface area contributed by atoms with Crippen LogP contribution in [-0.4, -0.2) is 14.7 Å². The van der Waals surface area contributed by atoms with E-state index in [-0.39, 0.29) is 16.6 Å². The molecule has 0 bridgehead atoms. The fourth-order valence-electron chi connectivity index (χ4n) is 2.52. The Morgan fingerprint density at radius 1 is 1.04 bits per heavy atom. The van der Waals surface area contributed by atoms with Gasteiger partial charge in [-0.3, -0.25) is 4.79 Å². The monoisotopic (exact) mass is 369 g/mol. The first-order valence-electron chi connectivity index (χ1n) is 8.70. The van der Waals surface area contributed by atoms with E-state index in [0.717, 1.165) is 16.7 Å². The van der Waals surface area contributed by atoms with Gasteiger partial charge in [-0.2, -0.15) is 0 Å². The Kier molecular flexibility index (Phi) is 6.68. The Bertz CT molecular complexity index is 789. The molecule has 0 amide bonds. The van der Waals surface area contributed by atoms with Crippen molar-refractivity contribution in [2.45, 2.75) is 44.9 Å². The molecule has 0 saturated carbocycles. The standard InChI is InChI=1S/C22H27NO2S/c1-16(18-9-7-6-8-10-18)15-21(23-26(25)22(3,4)5)20-13-11-19(12-14-20)17(2)24/h6-14,21,23H,1,15H2,2-5H3/t21-,26?/m0/s1. The number of hydrogen-bond donors (Lipinski definition) is 1. The van der Waals surface area contributed by atoms with Gasteiger partial charge in [-0.1, -0.05) is 61.2 Å². The molecule has 0 aliphatic heterocycles. The molecule has 0 aromatic heterocycles. The minimum atomic E-state index is -1.21. The van der Waals surface area contributed by atoms with Gasteiger partial charge in [0.15, 0.2) is 5.78 Å². The molecule has 0 spiro atoms. The zero-order chi connectivity index (χ0) is 19.3. The van der Waals surface area contributed by atoms with Crippen LogP contribution in [0.1, 0.15) is 61.6 Å². The van der Waals surface area contributed by atoms with Gasteiger partial charge >= 0.3 is 0 Å². The molecule has 0 aliphatic rings. The van der Waals surface area contributed by atoms with Gasteiger partial charge in [0.1, 0.15) is 0 Å². The van der Waals surface area contributed by atoms with E-state index in [1.165, 1.54) is 0 Å². The molecule has 2 atom stereocenters. The van der Waals surface area contributed by atoms with Gasteiger partial charge in [0, 0.05) is 11.6 Å². The first-order chi connectivity index (χ1) is 12.2. The number of nitrogens with one attached hydrogen (secondary N) is 1. The van der Waals surface area contributed by atoms with E-state index in [2.05, 4.69) is 11.3 Å². The number of carbonyl (C=O) groups is 1. The summed E-state index contributed by atoms with van der Waals surface area (Å²) in [6.45, 7) is 11.6. The minimum Gasteiger partial charge on any atom is -0.295 e. The first-order valence-corrected chi connectivity index (χ1v) is 9.85. The number of Topliss-reactive ketones (excluding diaryl/α,β-unsaturated/α-hetero) is 1. The summed E-state index contributed by atoms with van der Waals surface area (Å²) in [7, 11) is -1.21.